The van der Waals surface area contributed by atoms with Gasteiger partial charge in [0.25, 0.3) is 17.6 Å². The summed E-state index contributed by atoms with van der Waals surface area (Å²) >= 11 is 0. The van der Waals surface area contributed by atoms with Crippen LogP contribution >= 0.6 is 0 Å². The Morgan fingerprint density at radius 2 is 1.97 bits per heavy atom. The number of aromatic nitrogens is 2. The number of aryl methyl sites for hydroxylation is 1. The van der Waals surface area contributed by atoms with E-state index in [0.717, 1.165) is 12.8 Å². The van der Waals surface area contributed by atoms with Gasteiger partial charge in [0.05, 0.1) is 29.2 Å². The number of carbonyl (C=O) groups excluding carboxylic acids is 3. The third kappa shape index (κ3) is 4.51. The largest absolute Gasteiger partial charge is 0.393 e. The van der Waals surface area contributed by atoms with Crippen LogP contribution in [-0.2, 0) is 11.8 Å². The number of aliphatic hydroxyl groups is 1. The molecule has 2 aromatic rings. The van der Waals surface area contributed by atoms with Gasteiger partial charge in [0.15, 0.2) is 0 Å². The van der Waals surface area contributed by atoms with Crippen LogP contribution in [0.5, 0.6) is 0 Å². The minimum Gasteiger partial charge on any atom is -0.393 e. The smallest absolute Gasteiger partial charge is 0.294 e. The highest BCUT2D eigenvalue weighted by Gasteiger charge is 2.30. The summed E-state index contributed by atoms with van der Waals surface area (Å²) in [6.45, 7) is 5.06. The van der Waals surface area contributed by atoms with Crippen molar-refractivity contribution in [2.24, 2.45) is 13.0 Å². The van der Waals surface area contributed by atoms with Crippen LogP contribution < -0.4 is 10.6 Å². The SMILES string of the molecule is Cc1cc(NC(=O)c2c(C)c(C(=O)C(=O)NCC3CCC[C@@H]3O)n(C)c2C)cnc1F. The van der Waals surface area contributed by atoms with E-state index in [1.165, 1.54) is 23.8 Å². The summed E-state index contributed by atoms with van der Waals surface area (Å²) in [5.74, 6) is -2.66. The quantitative estimate of drug-likeness (QED) is 0.369. The van der Waals surface area contributed by atoms with Crippen molar-refractivity contribution in [3.8, 4) is 0 Å². The van der Waals surface area contributed by atoms with Gasteiger partial charge in [0, 0.05) is 30.8 Å². The van der Waals surface area contributed by atoms with Gasteiger partial charge in [-0.25, -0.2) is 4.98 Å². The monoisotopic (exact) mass is 430 g/mol. The minimum absolute atomic E-state index is 0.0536. The molecular formula is C22H27FN4O4. The molecule has 2 atom stereocenters. The van der Waals surface area contributed by atoms with E-state index in [1.807, 2.05) is 0 Å². The van der Waals surface area contributed by atoms with Gasteiger partial charge in [0.2, 0.25) is 5.95 Å². The van der Waals surface area contributed by atoms with Crippen molar-refractivity contribution in [3.63, 3.8) is 0 Å². The van der Waals surface area contributed by atoms with Crippen molar-refractivity contribution in [2.45, 2.75) is 46.1 Å². The Balaban J connectivity index is 1.78. The maximum absolute atomic E-state index is 13.4. The second kappa shape index (κ2) is 8.97. The molecule has 9 heteroatoms. The topological polar surface area (TPSA) is 113 Å². The zero-order valence-corrected chi connectivity index (χ0v) is 18.1. The highest BCUT2D eigenvalue weighted by Crippen LogP contribution is 2.25. The van der Waals surface area contributed by atoms with Crippen molar-refractivity contribution in [2.75, 3.05) is 11.9 Å². The fourth-order valence-corrected chi connectivity index (χ4v) is 4.12. The molecule has 2 amide bonds. The zero-order chi connectivity index (χ0) is 22.9. The predicted molar refractivity (Wildman–Crippen MR) is 112 cm³/mol. The molecule has 166 valence electrons. The lowest BCUT2D eigenvalue weighted by Crippen LogP contribution is -2.37. The van der Waals surface area contributed by atoms with E-state index in [4.69, 9.17) is 0 Å². The number of ketones is 1. The number of pyridine rings is 1. The molecule has 2 heterocycles. The average molecular weight is 430 g/mol. The van der Waals surface area contributed by atoms with Crippen molar-refractivity contribution in [1.29, 1.82) is 0 Å². The first-order valence-electron chi connectivity index (χ1n) is 10.2. The number of Topliss-reactive ketones (excluding diaryl/α,β-unsaturated/α-hetero) is 1. The number of nitrogens with zero attached hydrogens (tertiary/aromatic N) is 2. The van der Waals surface area contributed by atoms with Gasteiger partial charge in [-0.3, -0.25) is 14.4 Å². The molecular weight excluding hydrogens is 403 g/mol. The Morgan fingerprint density at radius 1 is 1.26 bits per heavy atom. The number of hydrogen-bond acceptors (Lipinski definition) is 5. The van der Waals surface area contributed by atoms with Crippen LogP contribution in [0.25, 0.3) is 0 Å². The lowest BCUT2D eigenvalue weighted by Gasteiger charge is -2.15. The van der Waals surface area contributed by atoms with E-state index in [1.54, 1.807) is 20.9 Å². The summed E-state index contributed by atoms with van der Waals surface area (Å²) in [7, 11) is 1.62. The number of amides is 2. The molecule has 3 rings (SSSR count). The number of rotatable bonds is 6. The van der Waals surface area contributed by atoms with Crippen molar-refractivity contribution < 1.29 is 23.9 Å². The third-order valence-electron chi connectivity index (χ3n) is 5.99. The second-order valence-corrected chi connectivity index (χ2v) is 8.08. The molecule has 0 spiro atoms. The molecule has 0 aliphatic heterocycles. The van der Waals surface area contributed by atoms with Gasteiger partial charge in [0.1, 0.15) is 0 Å². The number of hydrogen-bond donors (Lipinski definition) is 3. The van der Waals surface area contributed by atoms with Gasteiger partial charge >= 0.3 is 0 Å². The molecule has 1 aliphatic carbocycles. The van der Waals surface area contributed by atoms with Crippen LogP contribution in [0.2, 0.25) is 0 Å². The first kappa shape index (κ1) is 22.6. The molecule has 0 saturated heterocycles. The highest BCUT2D eigenvalue weighted by molar-refractivity contribution is 6.43. The summed E-state index contributed by atoms with van der Waals surface area (Å²) < 4.78 is 14.9. The standard InChI is InChI=1S/C22H27FN4O4/c1-11-8-15(10-24-20(11)23)26-21(30)17-12(2)18(27(4)13(17)3)19(29)22(31)25-9-14-6-5-7-16(14)28/h8,10,14,16,28H,5-7,9H2,1-4H3,(H,25,31)(H,26,30)/t14?,16-/m0/s1. The van der Waals surface area contributed by atoms with Crippen molar-refractivity contribution in [3.05, 3.63) is 46.3 Å². The van der Waals surface area contributed by atoms with Crippen LogP contribution in [-0.4, -0.2) is 44.9 Å². The van der Waals surface area contributed by atoms with E-state index in [9.17, 15) is 23.9 Å². The Hall–Kier alpha value is -3.07. The molecule has 3 N–H and O–H groups in total. The van der Waals surface area contributed by atoms with E-state index >= 15 is 0 Å². The van der Waals surface area contributed by atoms with Crippen LogP contribution in [0.15, 0.2) is 12.3 Å². The van der Waals surface area contributed by atoms with Gasteiger partial charge in [-0.1, -0.05) is 6.42 Å². The molecule has 8 nitrogen and oxygen atoms in total. The number of nitrogens with one attached hydrogen (secondary N) is 2. The maximum atomic E-state index is 13.4. The fraction of sp³-hybridized carbons (Fsp3) is 0.455. The first-order valence-corrected chi connectivity index (χ1v) is 10.2. The third-order valence-corrected chi connectivity index (χ3v) is 5.99. The second-order valence-electron chi connectivity index (χ2n) is 8.08. The zero-order valence-electron chi connectivity index (χ0n) is 18.1. The molecule has 1 aliphatic rings. The van der Waals surface area contributed by atoms with Crippen LogP contribution in [0.4, 0.5) is 10.1 Å². The lowest BCUT2D eigenvalue weighted by atomic mass is 10.1. The summed E-state index contributed by atoms with van der Waals surface area (Å²) in [5, 5.41) is 15.2. The number of halogens is 1. The molecule has 0 radical (unpaired) electrons. The van der Waals surface area contributed by atoms with Crippen molar-refractivity contribution >= 4 is 23.3 Å². The minimum atomic E-state index is -0.770. The molecule has 0 bridgehead atoms. The Kier molecular flexibility index (Phi) is 6.54. The van der Waals surface area contributed by atoms with E-state index < -0.39 is 29.6 Å². The lowest BCUT2D eigenvalue weighted by molar-refractivity contribution is -0.117. The first-order chi connectivity index (χ1) is 14.6. The molecule has 1 saturated carbocycles. The van der Waals surface area contributed by atoms with Gasteiger partial charge in [-0.15, -0.1) is 0 Å². The summed E-state index contributed by atoms with van der Waals surface area (Å²) in [4.78, 5) is 41.7. The molecule has 0 aromatic carbocycles. The molecule has 1 unspecified atom stereocenters. The van der Waals surface area contributed by atoms with Crippen LogP contribution in [0.1, 0.15) is 56.9 Å². The summed E-state index contributed by atoms with van der Waals surface area (Å²) in [5.41, 5.74) is 1.91. The number of anilines is 1. The average Bonchev–Trinajstić information content (AvgIpc) is 3.22. The molecule has 1 fully saturated rings. The number of aliphatic hydroxyl groups excluding tert-OH is 1. The van der Waals surface area contributed by atoms with Gasteiger partial charge in [-0.2, -0.15) is 4.39 Å². The Bertz CT molecular complexity index is 1050. The Morgan fingerprint density at radius 3 is 2.58 bits per heavy atom. The molecule has 2 aromatic heterocycles. The highest BCUT2D eigenvalue weighted by atomic mass is 19.1. The van der Waals surface area contributed by atoms with Gasteiger partial charge < -0.3 is 20.3 Å². The van der Waals surface area contributed by atoms with E-state index in [0.29, 0.717) is 28.9 Å². The normalized spacial score (nSPS) is 18.1. The van der Waals surface area contributed by atoms with Crippen molar-refractivity contribution in [1.82, 2.24) is 14.9 Å². The molecule has 31 heavy (non-hydrogen) atoms. The van der Waals surface area contributed by atoms with Crippen LogP contribution in [0, 0.1) is 32.6 Å². The maximum Gasteiger partial charge on any atom is 0.294 e. The Labute approximate surface area is 179 Å². The number of carbonyl (C=O) groups is 3. The van der Waals surface area contributed by atoms with Crippen LogP contribution in [0.3, 0.4) is 0 Å². The summed E-state index contributed by atoms with van der Waals surface area (Å²) in [6, 6.07) is 1.46. The fourth-order valence-electron chi connectivity index (χ4n) is 4.12. The van der Waals surface area contributed by atoms with E-state index in [2.05, 4.69) is 15.6 Å². The van der Waals surface area contributed by atoms with E-state index in [-0.39, 0.29) is 23.7 Å². The van der Waals surface area contributed by atoms with Gasteiger partial charge in [-0.05, 0) is 45.2 Å². The summed E-state index contributed by atoms with van der Waals surface area (Å²) in [6.07, 6.45) is 3.15. The predicted octanol–water partition coefficient (Wildman–Crippen LogP) is 2.20.